The van der Waals surface area contributed by atoms with E-state index in [1.54, 1.807) is 0 Å². The largest absolute Gasteiger partial charge is 0.355 e. The van der Waals surface area contributed by atoms with Crippen LogP contribution in [0.4, 0.5) is 0 Å². The number of carbonyl (C=O) groups is 1. The lowest BCUT2D eigenvalue weighted by molar-refractivity contribution is -0.127. The Labute approximate surface area is 113 Å². The van der Waals surface area contributed by atoms with Crippen molar-refractivity contribution in [2.24, 2.45) is 5.41 Å². The van der Waals surface area contributed by atoms with Crippen LogP contribution < -0.4 is 10.6 Å². The Kier molecular flexibility index (Phi) is 7.53. The second-order valence-corrected chi connectivity index (χ2v) is 6.21. The highest BCUT2D eigenvalue weighted by Crippen LogP contribution is 2.23. The third kappa shape index (κ3) is 5.85. The van der Waals surface area contributed by atoms with Crippen molar-refractivity contribution in [3.05, 3.63) is 0 Å². The summed E-state index contributed by atoms with van der Waals surface area (Å²) in [6, 6.07) is 0. The number of carbonyl (C=O) groups excluding carboxylic acids is 1. The highest BCUT2D eigenvalue weighted by atomic mass is 16.2. The molecule has 0 aliphatic carbocycles. The van der Waals surface area contributed by atoms with Gasteiger partial charge in [0, 0.05) is 13.1 Å². The van der Waals surface area contributed by atoms with Gasteiger partial charge in [-0.1, -0.05) is 40.5 Å². The summed E-state index contributed by atoms with van der Waals surface area (Å²) in [5, 5.41) is 6.43. The summed E-state index contributed by atoms with van der Waals surface area (Å²) in [7, 11) is 0. The molecule has 1 atom stereocenters. The van der Waals surface area contributed by atoms with Crippen LogP contribution in [0.15, 0.2) is 0 Å². The molecule has 0 bridgehead atoms. The summed E-state index contributed by atoms with van der Waals surface area (Å²) in [6.45, 7) is 14.4. The molecule has 0 aromatic rings. The quantitative estimate of drug-likeness (QED) is 0.665. The Balaban J connectivity index is 4.56. The summed E-state index contributed by atoms with van der Waals surface area (Å²) in [6.07, 6.45) is 4.24. The molecule has 0 saturated carbocycles. The molecule has 3 heteroatoms. The lowest BCUT2D eigenvalue weighted by Gasteiger charge is -2.34. The summed E-state index contributed by atoms with van der Waals surface area (Å²) >= 11 is 0. The Hall–Kier alpha value is -0.570. The fourth-order valence-corrected chi connectivity index (χ4v) is 2.34. The number of hydrogen-bond acceptors (Lipinski definition) is 2. The average molecular weight is 256 g/mol. The van der Waals surface area contributed by atoms with E-state index in [0.29, 0.717) is 6.54 Å². The second-order valence-electron chi connectivity index (χ2n) is 6.21. The van der Waals surface area contributed by atoms with Crippen LogP contribution in [0.2, 0.25) is 0 Å². The predicted molar refractivity (Wildman–Crippen MR) is 78.7 cm³/mol. The van der Waals surface area contributed by atoms with E-state index < -0.39 is 5.54 Å². The van der Waals surface area contributed by atoms with Crippen LogP contribution in [-0.2, 0) is 4.79 Å². The van der Waals surface area contributed by atoms with Crippen molar-refractivity contribution in [3.63, 3.8) is 0 Å². The Bertz CT molecular complexity index is 251. The number of amides is 1. The zero-order chi connectivity index (χ0) is 14.2. The van der Waals surface area contributed by atoms with Crippen LogP contribution in [0.5, 0.6) is 0 Å². The Morgan fingerprint density at radius 1 is 1.00 bits per heavy atom. The van der Waals surface area contributed by atoms with Crippen molar-refractivity contribution in [3.8, 4) is 0 Å². The van der Waals surface area contributed by atoms with Crippen LogP contribution in [-0.4, -0.2) is 24.5 Å². The van der Waals surface area contributed by atoms with E-state index in [2.05, 4.69) is 38.3 Å². The molecule has 0 aliphatic rings. The minimum absolute atomic E-state index is 0.124. The van der Waals surface area contributed by atoms with Gasteiger partial charge < -0.3 is 10.6 Å². The minimum Gasteiger partial charge on any atom is -0.355 e. The van der Waals surface area contributed by atoms with Gasteiger partial charge in [-0.15, -0.1) is 0 Å². The van der Waals surface area contributed by atoms with E-state index in [1.807, 2.05) is 13.8 Å². The van der Waals surface area contributed by atoms with E-state index in [4.69, 9.17) is 0 Å². The van der Waals surface area contributed by atoms with Crippen LogP contribution in [0.3, 0.4) is 0 Å². The van der Waals surface area contributed by atoms with Gasteiger partial charge in [-0.3, -0.25) is 4.79 Å². The van der Waals surface area contributed by atoms with Crippen LogP contribution in [0.1, 0.15) is 67.2 Å². The molecule has 2 N–H and O–H groups in total. The van der Waals surface area contributed by atoms with Gasteiger partial charge in [0.15, 0.2) is 0 Å². The summed E-state index contributed by atoms with van der Waals surface area (Å²) in [5.74, 6) is 0.124. The zero-order valence-electron chi connectivity index (χ0n) is 13.2. The van der Waals surface area contributed by atoms with Crippen LogP contribution in [0.25, 0.3) is 0 Å². The molecule has 0 aromatic heterocycles. The Morgan fingerprint density at radius 3 is 2.00 bits per heavy atom. The third-order valence-corrected chi connectivity index (χ3v) is 3.47. The van der Waals surface area contributed by atoms with Crippen LogP contribution >= 0.6 is 0 Å². The van der Waals surface area contributed by atoms with E-state index in [1.165, 1.54) is 12.8 Å². The van der Waals surface area contributed by atoms with Crippen molar-refractivity contribution in [1.29, 1.82) is 0 Å². The molecule has 0 aliphatic heterocycles. The van der Waals surface area contributed by atoms with Crippen molar-refractivity contribution in [2.75, 3.05) is 13.1 Å². The van der Waals surface area contributed by atoms with Crippen molar-refractivity contribution in [2.45, 2.75) is 72.8 Å². The van der Waals surface area contributed by atoms with Gasteiger partial charge in [-0.05, 0) is 32.1 Å². The third-order valence-electron chi connectivity index (χ3n) is 3.47. The van der Waals surface area contributed by atoms with Gasteiger partial charge in [0.2, 0.25) is 5.91 Å². The first-order valence-electron chi connectivity index (χ1n) is 7.34. The van der Waals surface area contributed by atoms with E-state index in [-0.39, 0.29) is 11.3 Å². The summed E-state index contributed by atoms with van der Waals surface area (Å²) < 4.78 is 0. The van der Waals surface area contributed by atoms with Gasteiger partial charge in [0.05, 0.1) is 5.54 Å². The standard InChI is InChI=1S/C15H32N2O/c1-7-10-14(4,5)12-17-15(6,11-8-2)13(18)16-9-3/h17H,7-12H2,1-6H3,(H,16,18). The second kappa shape index (κ2) is 7.78. The lowest BCUT2D eigenvalue weighted by atomic mass is 9.86. The predicted octanol–water partition coefficient (Wildman–Crippen LogP) is 3.10. The summed E-state index contributed by atoms with van der Waals surface area (Å²) in [5.41, 5.74) is -0.188. The first-order valence-corrected chi connectivity index (χ1v) is 7.34. The fraction of sp³-hybridized carbons (Fsp3) is 0.933. The zero-order valence-corrected chi connectivity index (χ0v) is 13.2. The molecule has 0 fully saturated rings. The molecule has 0 radical (unpaired) electrons. The van der Waals surface area contributed by atoms with Gasteiger partial charge in [0.25, 0.3) is 0 Å². The number of rotatable bonds is 9. The van der Waals surface area contributed by atoms with Crippen LogP contribution in [0, 0.1) is 5.41 Å². The number of likely N-dealkylation sites (N-methyl/N-ethyl adjacent to an activating group) is 1. The molecule has 0 saturated heterocycles. The van der Waals surface area contributed by atoms with Gasteiger partial charge in [-0.2, -0.15) is 0 Å². The maximum absolute atomic E-state index is 12.2. The maximum atomic E-state index is 12.2. The molecule has 108 valence electrons. The molecule has 1 unspecified atom stereocenters. The number of hydrogen-bond donors (Lipinski definition) is 2. The highest BCUT2D eigenvalue weighted by Gasteiger charge is 2.33. The molecule has 0 rings (SSSR count). The molecular weight excluding hydrogens is 224 g/mol. The molecule has 1 amide bonds. The Morgan fingerprint density at radius 2 is 1.56 bits per heavy atom. The topological polar surface area (TPSA) is 41.1 Å². The van der Waals surface area contributed by atoms with E-state index in [0.717, 1.165) is 19.4 Å². The molecule has 18 heavy (non-hydrogen) atoms. The SMILES string of the molecule is CCCC(C)(C)CNC(C)(CCC)C(=O)NCC. The van der Waals surface area contributed by atoms with Crippen molar-refractivity contribution in [1.82, 2.24) is 10.6 Å². The molecular formula is C15H32N2O. The van der Waals surface area contributed by atoms with Gasteiger partial charge in [-0.25, -0.2) is 0 Å². The van der Waals surface area contributed by atoms with Gasteiger partial charge in [0.1, 0.15) is 0 Å². The minimum atomic E-state index is -0.435. The first-order chi connectivity index (χ1) is 8.31. The molecule has 0 heterocycles. The molecule has 0 spiro atoms. The normalized spacial score (nSPS) is 15.2. The monoisotopic (exact) mass is 256 g/mol. The molecule has 3 nitrogen and oxygen atoms in total. The lowest BCUT2D eigenvalue weighted by Crippen LogP contribution is -2.56. The van der Waals surface area contributed by atoms with Crippen molar-refractivity contribution >= 4 is 5.91 Å². The smallest absolute Gasteiger partial charge is 0.240 e. The van der Waals surface area contributed by atoms with E-state index in [9.17, 15) is 4.79 Å². The highest BCUT2D eigenvalue weighted by molar-refractivity contribution is 5.85. The number of nitrogens with one attached hydrogen (secondary N) is 2. The van der Waals surface area contributed by atoms with E-state index >= 15 is 0 Å². The summed E-state index contributed by atoms with van der Waals surface area (Å²) in [4.78, 5) is 12.2. The maximum Gasteiger partial charge on any atom is 0.240 e. The first kappa shape index (κ1) is 17.4. The molecule has 0 aromatic carbocycles. The fourth-order valence-electron chi connectivity index (χ4n) is 2.34. The van der Waals surface area contributed by atoms with Crippen molar-refractivity contribution < 1.29 is 4.79 Å². The van der Waals surface area contributed by atoms with Gasteiger partial charge >= 0.3 is 0 Å². The average Bonchev–Trinajstić information content (AvgIpc) is 2.27.